The molecule has 2 rings (SSSR count). The Morgan fingerprint density at radius 2 is 2.15 bits per heavy atom. The Hall–Kier alpha value is -2.11. The van der Waals surface area contributed by atoms with Crippen molar-refractivity contribution in [2.75, 3.05) is 6.54 Å². The Morgan fingerprint density at radius 3 is 2.70 bits per heavy atom. The molecule has 2 aliphatic heterocycles. The molecule has 5 nitrogen and oxygen atoms in total. The largest absolute Gasteiger partial charge is 0.322 e. The minimum Gasteiger partial charge on any atom is -0.322 e. The van der Waals surface area contributed by atoms with Crippen LogP contribution in [0.1, 0.15) is 19.8 Å². The van der Waals surface area contributed by atoms with Gasteiger partial charge in [0.25, 0.3) is 5.91 Å². The van der Waals surface area contributed by atoms with E-state index in [0.717, 1.165) is 0 Å². The molecule has 0 saturated carbocycles. The summed E-state index contributed by atoms with van der Waals surface area (Å²) in [6, 6.07) is -0.620. The highest BCUT2D eigenvalue weighted by Gasteiger charge is 2.40. The van der Waals surface area contributed by atoms with Gasteiger partial charge in [-0.3, -0.25) is 19.7 Å². The molecule has 0 bridgehead atoms. The number of nitrogens with one attached hydrogen (secondary N) is 1. The van der Waals surface area contributed by atoms with Gasteiger partial charge in [0.05, 0.1) is 0 Å². The van der Waals surface area contributed by atoms with Gasteiger partial charge in [0.15, 0.2) is 0 Å². The topological polar surface area (TPSA) is 66.5 Å². The first-order chi connectivity index (χ1) is 9.49. The second kappa shape index (κ2) is 5.49. The molecule has 0 spiro atoms. The number of hydrogen-bond donors (Lipinski definition) is 1. The van der Waals surface area contributed by atoms with Crippen molar-refractivity contribution in [1.82, 2.24) is 10.2 Å². The monoisotopic (exact) mass is 270 g/mol. The van der Waals surface area contributed by atoms with Crippen LogP contribution in [0.25, 0.3) is 0 Å². The number of piperidine rings is 1. The van der Waals surface area contributed by atoms with E-state index in [4.69, 9.17) is 7.85 Å². The Morgan fingerprint density at radius 1 is 1.45 bits per heavy atom. The molecule has 2 saturated heterocycles. The zero-order valence-electron chi connectivity index (χ0n) is 11.3. The highest BCUT2D eigenvalue weighted by Crippen LogP contribution is 2.29. The Kier molecular flexibility index (Phi) is 3.92. The van der Waals surface area contributed by atoms with Crippen LogP contribution in [0.4, 0.5) is 0 Å². The SMILES string of the molecule is [B]/C(C=C)=C1\CN(C2CCC(=O)NC2=O)C(=O)\C1=C\C. The molecule has 0 aliphatic carbocycles. The number of allylic oxidation sites excluding steroid dienone is 3. The Balaban J connectivity index is 2.31. The zero-order valence-corrected chi connectivity index (χ0v) is 11.3. The smallest absolute Gasteiger partial charge is 0.254 e. The second-order valence-electron chi connectivity index (χ2n) is 4.74. The highest BCUT2D eigenvalue weighted by atomic mass is 16.2. The summed E-state index contributed by atoms with van der Waals surface area (Å²) < 4.78 is 0. The lowest BCUT2D eigenvalue weighted by atomic mass is 9.88. The molecule has 2 radical (unpaired) electrons. The third-order valence-corrected chi connectivity index (χ3v) is 3.59. The summed E-state index contributed by atoms with van der Waals surface area (Å²) in [7, 11) is 5.84. The van der Waals surface area contributed by atoms with Gasteiger partial charge in [0.2, 0.25) is 11.8 Å². The number of imide groups is 1. The summed E-state index contributed by atoms with van der Waals surface area (Å²) in [5, 5.41) is 2.26. The minimum absolute atomic E-state index is 0.234. The summed E-state index contributed by atoms with van der Waals surface area (Å²) in [6.07, 6.45) is 3.75. The van der Waals surface area contributed by atoms with E-state index in [1.807, 2.05) is 0 Å². The van der Waals surface area contributed by atoms with Gasteiger partial charge in [0.1, 0.15) is 13.9 Å². The zero-order chi connectivity index (χ0) is 14.9. The highest BCUT2D eigenvalue weighted by molar-refractivity contribution is 6.25. The molecular formula is C14H15BN2O3. The van der Waals surface area contributed by atoms with Crippen LogP contribution < -0.4 is 5.32 Å². The first kappa shape index (κ1) is 14.3. The Bertz CT molecular complexity index is 563. The number of carbonyl (C=O) groups excluding carboxylic acids is 3. The van der Waals surface area contributed by atoms with Gasteiger partial charge in [-0.15, -0.1) is 0 Å². The molecule has 1 unspecified atom stereocenters. The van der Waals surface area contributed by atoms with E-state index in [0.29, 0.717) is 23.0 Å². The molecule has 0 aromatic carbocycles. The molecule has 2 aliphatic rings. The van der Waals surface area contributed by atoms with Crippen molar-refractivity contribution in [3.63, 3.8) is 0 Å². The van der Waals surface area contributed by atoms with E-state index >= 15 is 0 Å². The molecule has 2 heterocycles. The van der Waals surface area contributed by atoms with Gasteiger partial charge in [-0.2, -0.15) is 0 Å². The van der Waals surface area contributed by atoms with E-state index in [-0.39, 0.29) is 24.8 Å². The summed E-state index contributed by atoms with van der Waals surface area (Å²) in [4.78, 5) is 36.9. The Labute approximate surface area is 118 Å². The lowest BCUT2D eigenvalue weighted by Gasteiger charge is -2.29. The van der Waals surface area contributed by atoms with Crippen molar-refractivity contribution in [1.29, 1.82) is 0 Å². The number of amides is 3. The summed E-state index contributed by atoms with van der Waals surface area (Å²) >= 11 is 0. The van der Waals surface area contributed by atoms with Crippen molar-refractivity contribution >= 4 is 25.6 Å². The second-order valence-corrected chi connectivity index (χ2v) is 4.74. The number of rotatable bonds is 2. The summed E-state index contributed by atoms with van der Waals surface area (Å²) in [5.74, 6) is -0.962. The van der Waals surface area contributed by atoms with E-state index in [1.165, 1.54) is 11.0 Å². The van der Waals surface area contributed by atoms with Crippen LogP contribution in [0.3, 0.4) is 0 Å². The van der Waals surface area contributed by atoms with E-state index in [1.54, 1.807) is 13.0 Å². The number of hydrogen-bond acceptors (Lipinski definition) is 3. The van der Waals surface area contributed by atoms with Crippen molar-refractivity contribution in [2.24, 2.45) is 0 Å². The fourth-order valence-electron chi connectivity index (χ4n) is 2.51. The number of carbonyl (C=O) groups is 3. The molecule has 102 valence electrons. The fraction of sp³-hybridized carbons (Fsp3) is 0.357. The van der Waals surface area contributed by atoms with E-state index in [9.17, 15) is 14.4 Å². The van der Waals surface area contributed by atoms with Crippen LogP contribution >= 0.6 is 0 Å². The average Bonchev–Trinajstić information content (AvgIpc) is 2.75. The maximum atomic E-state index is 12.4. The number of likely N-dealkylation sites (tertiary alicyclic amines) is 1. The number of nitrogens with zero attached hydrogens (tertiary/aromatic N) is 1. The molecule has 1 N–H and O–H groups in total. The van der Waals surface area contributed by atoms with Crippen LogP contribution in [0.5, 0.6) is 0 Å². The fourth-order valence-corrected chi connectivity index (χ4v) is 2.51. The summed E-state index contributed by atoms with van der Waals surface area (Å²) in [5.41, 5.74) is 1.60. The third kappa shape index (κ3) is 2.33. The van der Waals surface area contributed by atoms with Crippen LogP contribution in [-0.4, -0.2) is 43.1 Å². The van der Waals surface area contributed by atoms with Crippen molar-refractivity contribution < 1.29 is 14.4 Å². The third-order valence-electron chi connectivity index (χ3n) is 3.59. The molecule has 3 amide bonds. The van der Waals surface area contributed by atoms with Gasteiger partial charge in [-0.1, -0.05) is 24.2 Å². The van der Waals surface area contributed by atoms with Gasteiger partial charge in [-0.05, 0) is 18.9 Å². The van der Waals surface area contributed by atoms with E-state index in [2.05, 4.69) is 11.9 Å². The molecule has 0 aromatic rings. The molecule has 0 aromatic heterocycles. The predicted molar refractivity (Wildman–Crippen MR) is 74.6 cm³/mol. The molecular weight excluding hydrogens is 255 g/mol. The average molecular weight is 270 g/mol. The van der Waals surface area contributed by atoms with Crippen LogP contribution in [-0.2, 0) is 14.4 Å². The first-order valence-corrected chi connectivity index (χ1v) is 6.42. The normalized spacial score (nSPS) is 27.9. The van der Waals surface area contributed by atoms with Crippen molar-refractivity contribution in [3.05, 3.63) is 35.3 Å². The van der Waals surface area contributed by atoms with Gasteiger partial charge in [-0.25, -0.2) is 0 Å². The lowest BCUT2D eigenvalue weighted by Crippen LogP contribution is -2.52. The molecule has 20 heavy (non-hydrogen) atoms. The standard InChI is InChI=1S/C14H15BN2O3/c1-3-8-9(10(15)4-2)7-17(14(8)20)11-5-6-12(18)16-13(11)19/h3-4,11H,2,5-7H2,1H3,(H,16,18,19)/b8-3+,10-9+. The van der Waals surface area contributed by atoms with Gasteiger partial charge < -0.3 is 4.90 Å². The molecule has 1 atom stereocenters. The lowest BCUT2D eigenvalue weighted by molar-refractivity contribution is -0.142. The summed E-state index contributed by atoms with van der Waals surface area (Å²) in [6.45, 7) is 5.61. The maximum absolute atomic E-state index is 12.4. The molecule has 2 fully saturated rings. The van der Waals surface area contributed by atoms with Gasteiger partial charge >= 0.3 is 0 Å². The van der Waals surface area contributed by atoms with Crippen molar-refractivity contribution in [3.8, 4) is 0 Å². The quantitative estimate of drug-likeness (QED) is 0.442. The van der Waals surface area contributed by atoms with Crippen LogP contribution in [0.2, 0.25) is 0 Å². The van der Waals surface area contributed by atoms with Crippen LogP contribution in [0.15, 0.2) is 35.3 Å². The van der Waals surface area contributed by atoms with Crippen LogP contribution in [0, 0.1) is 0 Å². The predicted octanol–water partition coefficient (Wildman–Crippen LogP) is 0.189. The van der Waals surface area contributed by atoms with E-state index < -0.39 is 11.9 Å². The maximum Gasteiger partial charge on any atom is 0.254 e. The van der Waals surface area contributed by atoms with Gasteiger partial charge in [0, 0.05) is 18.5 Å². The van der Waals surface area contributed by atoms with Crippen molar-refractivity contribution in [2.45, 2.75) is 25.8 Å². The minimum atomic E-state index is -0.620. The molecule has 6 heteroatoms. The first-order valence-electron chi connectivity index (χ1n) is 6.42.